The van der Waals surface area contributed by atoms with Gasteiger partial charge < -0.3 is 5.32 Å². The summed E-state index contributed by atoms with van der Waals surface area (Å²) in [5, 5.41) is 15.6. The van der Waals surface area contributed by atoms with Crippen LogP contribution in [0.1, 0.15) is 59.3 Å². The number of halogens is 1. The normalized spacial score (nSPS) is 13.0. The Morgan fingerprint density at radius 2 is 1.97 bits per heavy atom. The van der Waals surface area contributed by atoms with Crippen LogP contribution in [0.4, 0.5) is 5.13 Å². The highest BCUT2D eigenvalue weighted by atomic mass is 35.5. The molecule has 0 spiro atoms. The second-order valence-electron chi connectivity index (χ2n) is 7.15. The van der Waals surface area contributed by atoms with Gasteiger partial charge in [-0.25, -0.2) is 0 Å². The first-order chi connectivity index (χ1) is 13.9. The average Bonchev–Trinajstić information content (AvgIpc) is 3.17. The Hall–Kier alpha value is -1.99. The lowest BCUT2D eigenvalue weighted by Crippen LogP contribution is -2.47. The summed E-state index contributed by atoms with van der Waals surface area (Å²) >= 11 is 7.30. The number of hydrogen-bond donors (Lipinski definition) is 2. The first-order valence-corrected chi connectivity index (χ1v) is 11.3. The molecule has 0 aliphatic rings. The number of carbonyl (C=O) groups is 2. The molecule has 158 valence electrons. The Balaban J connectivity index is 2.00. The molecule has 0 aliphatic heterocycles. The highest BCUT2D eigenvalue weighted by Crippen LogP contribution is 2.28. The molecule has 0 saturated carbocycles. The van der Waals surface area contributed by atoms with Gasteiger partial charge in [-0.1, -0.05) is 81.5 Å². The lowest BCUT2D eigenvalue weighted by atomic mass is 9.98. The van der Waals surface area contributed by atoms with Crippen molar-refractivity contribution in [2.24, 2.45) is 5.92 Å². The van der Waals surface area contributed by atoms with Crippen molar-refractivity contribution in [1.29, 1.82) is 0 Å². The minimum atomic E-state index is -0.600. The molecule has 29 heavy (non-hydrogen) atoms. The van der Waals surface area contributed by atoms with Crippen LogP contribution in [0.5, 0.6) is 0 Å². The van der Waals surface area contributed by atoms with Gasteiger partial charge in [0.2, 0.25) is 16.9 Å². The molecule has 2 aromatic rings. The molecule has 0 saturated heterocycles. The van der Waals surface area contributed by atoms with Gasteiger partial charge in [-0.3, -0.25) is 14.9 Å². The van der Waals surface area contributed by atoms with Crippen LogP contribution in [0.2, 0.25) is 5.02 Å². The quantitative estimate of drug-likeness (QED) is 0.468. The number of aromatic nitrogens is 2. The summed E-state index contributed by atoms with van der Waals surface area (Å²) in [6, 6.07) is 6.72. The molecular formula is C21H29ClN4O2S. The van der Waals surface area contributed by atoms with Gasteiger partial charge in [0, 0.05) is 17.0 Å². The maximum absolute atomic E-state index is 12.8. The lowest BCUT2D eigenvalue weighted by Gasteiger charge is -2.23. The molecular weight excluding hydrogens is 408 g/mol. The highest BCUT2D eigenvalue weighted by Gasteiger charge is 2.26. The van der Waals surface area contributed by atoms with Crippen molar-refractivity contribution in [3.63, 3.8) is 0 Å². The van der Waals surface area contributed by atoms with E-state index in [1.165, 1.54) is 11.3 Å². The number of anilines is 1. The summed E-state index contributed by atoms with van der Waals surface area (Å²) in [5.41, 5.74) is 0.842. The van der Waals surface area contributed by atoms with E-state index in [-0.39, 0.29) is 17.7 Å². The fourth-order valence-corrected chi connectivity index (χ4v) is 3.79. The molecule has 1 heterocycles. The van der Waals surface area contributed by atoms with Crippen LogP contribution in [0.25, 0.3) is 10.6 Å². The van der Waals surface area contributed by atoms with Crippen LogP contribution >= 0.6 is 22.9 Å². The number of amides is 2. The SMILES string of the molecule is CCCCCCC(=O)NC(C(=O)Nc1nnc(-c2cccc(Cl)c2)s1)C(C)CC. The van der Waals surface area contributed by atoms with Gasteiger partial charge in [0.05, 0.1) is 0 Å². The second kappa shape index (κ2) is 11.9. The topological polar surface area (TPSA) is 84.0 Å². The van der Waals surface area contributed by atoms with Crippen LogP contribution in [0.3, 0.4) is 0 Å². The fraction of sp³-hybridized carbons (Fsp3) is 0.524. The van der Waals surface area contributed by atoms with Crippen LogP contribution in [0, 0.1) is 5.92 Å². The van der Waals surface area contributed by atoms with E-state index in [9.17, 15) is 9.59 Å². The van der Waals surface area contributed by atoms with Gasteiger partial charge in [-0.2, -0.15) is 0 Å². The highest BCUT2D eigenvalue weighted by molar-refractivity contribution is 7.18. The number of carbonyl (C=O) groups excluding carboxylic acids is 2. The maximum Gasteiger partial charge on any atom is 0.249 e. The largest absolute Gasteiger partial charge is 0.344 e. The average molecular weight is 437 g/mol. The third kappa shape index (κ3) is 7.40. The summed E-state index contributed by atoms with van der Waals surface area (Å²) < 4.78 is 0. The predicted octanol–water partition coefficient (Wildman–Crippen LogP) is 5.30. The first kappa shape index (κ1) is 23.3. The van der Waals surface area contributed by atoms with E-state index in [4.69, 9.17) is 11.6 Å². The van der Waals surface area contributed by atoms with Crippen molar-refractivity contribution in [3.8, 4) is 10.6 Å². The van der Waals surface area contributed by atoms with Crippen LogP contribution in [-0.2, 0) is 9.59 Å². The molecule has 2 rings (SSSR count). The number of unbranched alkanes of at least 4 members (excludes halogenated alkanes) is 3. The third-order valence-corrected chi connectivity index (χ3v) is 5.92. The molecule has 1 aromatic carbocycles. The van der Waals surface area contributed by atoms with E-state index in [2.05, 4.69) is 27.8 Å². The maximum atomic E-state index is 12.8. The number of rotatable bonds is 11. The Bertz CT molecular complexity index is 811. The summed E-state index contributed by atoms with van der Waals surface area (Å²) in [4.78, 5) is 25.1. The molecule has 2 atom stereocenters. The Morgan fingerprint density at radius 3 is 2.66 bits per heavy atom. The fourth-order valence-electron chi connectivity index (χ4n) is 2.85. The van der Waals surface area contributed by atoms with Crippen molar-refractivity contribution in [1.82, 2.24) is 15.5 Å². The van der Waals surface area contributed by atoms with E-state index in [0.29, 0.717) is 21.6 Å². The smallest absolute Gasteiger partial charge is 0.249 e. The van der Waals surface area contributed by atoms with Gasteiger partial charge in [0.25, 0.3) is 0 Å². The summed E-state index contributed by atoms with van der Waals surface area (Å²) in [6.45, 7) is 6.09. The minimum absolute atomic E-state index is 0.00918. The monoisotopic (exact) mass is 436 g/mol. The number of nitrogens with one attached hydrogen (secondary N) is 2. The van der Waals surface area contributed by atoms with Gasteiger partial charge >= 0.3 is 0 Å². The summed E-state index contributed by atoms with van der Waals surface area (Å²) in [7, 11) is 0. The van der Waals surface area contributed by atoms with Crippen molar-refractivity contribution in [2.75, 3.05) is 5.32 Å². The van der Waals surface area contributed by atoms with Gasteiger partial charge in [-0.05, 0) is 24.5 Å². The van der Waals surface area contributed by atoms with E-state index in [1.807, 2.05) is 26.0 Å². The molecule has 2 amide bonds. The van der Waals surface area contributed by atoms with Crippen molar-refractivity contribution < 1.29 is 9.59 Å². The predicted molar refractivity (Wildman–Crippen MR) is 119 cm³/mol. The minimum Gasteiger partial charge on any atom is -0.344 e. The first-order valence-electron chi connectivity index (χ1n) is 10.1. The number of benzene rings is 1. The van der Waals surface area contributed by atoms with Gasteiger partial charge in [0.15, 0.2) is 0 Å². The molecule has 0 bridgehead atoms. The zero-order valence-corrected chi connectivity index (χ0v) is 18.8. The molecule has 0 radical (unpaired) electrons. The third-order valence-electron chi connectivity index (χ3n) is 4.80. The van der Waals surface area contributed by atoms with Crippen LogP contribution in [0.15, 0.2) is 24.3 Å². The van der Waals surface area contributed by atoms with E-state index in [1.54, 1.807) is 12.1 Å². The van der Waals surface area contributed by atoms with Crippen molar-refractivity contribution in [2.45, 2.75) is 65.3 Å². The summed E-state index contributed by atoms with van der Waals surface area (Å²) in [5.74, 6) is -0.344. The molecule has 2 unspecified atom stereocenters. The molecule has 8 heteroatoms. The van der Waals surface area contributed by atoms with Gasteiger partial charge in [0.1, 0.15) is 11.0 Å². The molecule has 2 N–H and O–H groups in total. The van der Waals surface area contributed by atoms with Crippen molar-refractivity contribution >= 4 is 39.9 Å². The number of hydrogen-bond acceptors (Lipinski definition) is 5. The Kier molecular flexibility index (Phi) is 9.54. The van der Waals surface area contributed by atoms with Crippen LogP contribution in [-0.4, -0.2) is 28.1 Å². The molecule has 6 nitrogen and oxygen atoms in total. The number of nitrogens with zero attached hydrogens (tertiary/aromatic N) is 2. The lowest BCUT2D eigenvalue weighted by molar-refractivity contribution is -0.127. The molecule has 0 fully saturated rings. The van der Waals surface area contributed by atoms with Gasteiger partial charge in [-0.15, -0.1) is 10.2 Å². The van der Waals surface area contributed by atoms with E-state index < -0.39 is 6.04 Å². The Labute approximate surface area is 181 Å². The van der Waals surface area contributed by atoms with Crippen molar-refractivity contribution in [3.05, 3.63) is 29.3 Å². The standard InChI is InChI=1S/C21H29ClN4O2S/c1-4-6-7-8-12-17(27)23-18(14(3)5-2)19(28)24-21-26-25-20(29-21)15-10-9-11-16(22)13-15/h9-11,13-14,18H,4-8,12H2,1-3H3,(H,23,27)(H,24,26,28). The van der Waals surface area contributed by atoms with Crippen LogP contribution < -0.4 is 10.6 Å². The summed E-state index contributed by atoms with van der Waals surface area (Å²) in [6.07, 6.45) is 5.33. The second-order valence-corrected chi connectivity index (χ2v) is 8.57. The molecule has 0 aliphatic carbocycles. The van der Waals surface area contributed by atoms with E-state index in [0.717, 1.165) is 37.7 Å². The molecule has 1 aromatic heterocycles. The zero-order chi connectivity index (χ0) is 21.2. The Morgan fingerprint density at radius 1 is 1.17 bits per heavy atom. The van der Waals surface area contributed by atoms with E-state index >= 15 is 0 Å². The zero-order valence-electron chi connectivity index (χ0n) is 17.2.